The van der Waals surface area contributed by atoms with Gasteiger partial charge in [0.05, 0.1) is 25.6 Å². The molecule has 0 saturated heterocycles. The normalized spacial score (nSPS) is 10.5. The highest BCUT2D eigenvalue weighted by Gasteiger charge is 2.12. The summed E-state index contributed by atoms with van der Waals surface area (Å²) in [5.41, 5.74) is 3.45. The number of para-hydroxylation sites is 1. The minimum Gasteiger partial charge on any atom is -0.497 e. The lowest BCUT2D eigenvalue weighted by Gasteiger charge is -2.13. The van der Waals surface area contributed by atoms with Gasteiger partial charge in [-0.3, -0.25) is 14.4 Å². The third-order valence-corrected chi connectivity index (χ3v) is 4.87. The van der Waals surface area contributed by atoms with Gasteiger partial charge < -0.3 is 24.8 Å². The fraction of sp³-hybridized carbons (Fsp3) is 0.185. The zero-order chi connectivity index (χ0) is 27.3. The lowest BCUT2D eigenvalue weighted by Crippen LogP contribution is -2.24. The predicted molar refractivity (Wildman–Crippen MR) is 140 cm³/mol. The molecule has 0 aliphatic carbocycles. The van der Waals surface area contributed by atoms with E-state index in [-0.39, 0.29) is 12.3 Å². The van der Waals surface area contributed by atoms with Crippen molar-refractivity contribution in [2.75, 3.05) is 31.0 Å². The number of ether oxygens (including phenoxy) is 3. The van der Waals surface area contributed by atoms with Crippen LogP contribution in [0.4, 0.5) is 15.8 Å². The summed E-state index contributed by atoms with van der Waals surface area (Å²) in [5.74, 6) is -0.897. The van der Waals surface area contributed by atoms with E-state index in [0.717, 1.165) is 0 Å². The lowest BCUT2D eigenvalue weighted by molar-refractivity contribution is -0.126. The van der Waals surface area contributed by atoms with Gasteiger partial charge >= 0.3 is 0 Å². The maximum atomic E-state index is 13.7. The average Bonchev–Trinajstić information content (AvgIpc) is 2.90. The van der Waals surface area contributed by atoms with Crippen LogP contribution in [0, 0.1) is 5.82 Å². The van der Waals surface area contributed by atoms with E-state index < -0.39 is 30.0 Å². The summed E-state index contributed by atoms with van der Waals surface area (Å²) < 4.78 is 29.9. The molecule has 0 heterocycles. The van der Waals surface area contributed by atoms with Crippen molar-refractivity contribution in [2.24, 2.45) is 5.10 Å². The highest BCUT2D eigenvalue weighted by Crippen LogP contribution is 2.28. The van der Waals surface area contributed by atoms with Crippen LogP contribution in [0.15, 0.2) is 71.8 Å². The van der Waals surface area contributed by atoms with Crippen LogP contribution >= 0.6 is 0 Å². The molecular weight excluding hydrogens is 495 g/mol. The smallest absolute Gasteiger partial charge is 0.262 e. The van der Waals surface area contributed by atoms with Crippen molar-refractivity contribution in [1.82, 2.24) is 5.43 Å². The molecule has 0 atom stereocenters. The molecule has 0 aliphatic rings. The van der Waals surface area contributed by atoms with Crippen LogP contribution in [-0.2, 0) is 14.4 Å². The molecule has 0 unspecified atom stereocenters. The van der Waals surface area contributed by atoms with Crippen LogP contribution in [0.2, 0.25) is 0 Å². The molecule has 3 aromatic carbocycles. The Bertz CT molecular complexity index is 1300. The molecule has 0 bridgehead atoms. The van der Waals surface area contributed by atoms with E-state index in [4.69, 9.17) is 14.2 Å². The second-order valence-electron chi connectivity index (χ2n) is 7.70. The Morgan fingerprint density at radius 2 is 1.66 bits per heavy atom. The number of hydrazone groups is 1. The van der Waals surface area contributed by atoms with Crippen molar-refractivity contribution >= 4 is 35.3 Å². The third kappa shape index (κ3) is 8.63. The average molecular weight is 523 g/mol. The minimum atomic E-state index is -0.599. The first-order valence-corrected chi connectivity index (χ1v) is 11.6. The van der Waals surface area contributed by atoms with Crippen molar-refractivity contribution in [2.45, 2.75) is 13.3 Å². The summed E-state index contributed by atoms with van der Waals surface area (Å²) in [6.07, 6.45) is 0.950. The largest absolute Gasteiger partial charge is 0.497 e. The number of nitrogens with zero attached hydrogens (tertiary/aromatic N) is 1. The molecule has 0 aliphatic heterocycles. The molecule has 11 heteroatoms. The summed E-state index contributed by atoms with van der Waals surface area (Å²) in [6.45, 7) is 1.75. The van der Waals surface area contributed by atoms with Gasteiger partial charge in [0.1, 0.15) is 18.0 Å². The van der Waals surface area contributed by atoms with E-state index in [1.54, 1.807) is 55.5 Å². The summed E-state index contributed by atoms with van der Waals surface area (Å²) >= 11 is 0. The monoisotopic (exact) mass is 522 g/mol. The van der Waals surface area contributed by atoms with E-state index in [0.29, 0.717) is 35.1 Å². The highest BCUT2D eigenvalue weighted by atomic mass is 19.1. The van der Waals surface area contributed by atoms with Gasteiger partial charge in [-0.1, -0.05) is 12.1 Å². The molecule has 198 valence electrons. The Labute approximate surface area is 218 Å². The van der Waals surface area contributed by atoms with Crippen molar-refractivity contribution in [1.29, 1.82) is 0 Å². The van der Waals surface area contributed by atoms with Gasteiger partial charge in [-0.25, -0.2) is 9.82 Å². The van der Waals surface area contributed by atoms with Gasteiger partial charge in [0.2, 0.25) is 11.8 Å². The summed E-state index contributed by atoms with van der Waals surface area (Å²) in [5, 5.41) is 8.92. The highest BCUT2D eigenvalue weighted by molar-refractivity contribution is 6.03. The van der Waals surface area contributed by atoms with Gasteiger partial charge in [0.25, 0.3) is 5.91 Å². The molecule has 3 N–H and O–H groups in total. The number of rotatable bonds is 12. The number of carbonyl (C=O) groups excluding carboxylic acids is 3. The van der Waals surface area contributed by atoms with Gasteiger partial charge in [-0.15, -0.1) is 0 Å². The topological polar surface area (TPSA) is 127 Å². The molecule has 10 nitrogen and oxygen atoms in total. The number of amides is 3. The molecule has 0 fully saturated rings. The Balaban J connectivity index is 1.51. The van der Waals surface area contributed by atoms with Gasteiger partial charge in [-0.2, -0.15) is 5.10 Å². The van der Waals surface area contributed by atoms with Crippen molar-refractivity contribution in [3.05, 3.63) is 78.1 Å². The molecule has 3 rings (SSSR count). The lowest BCUT2D eigenvalue weighted by atomic mass is 10.2. The first kappa shape index (κ1) is 27.7. The number of hydrogen-bond donors (Lipinski definition) is 3. The SMILES string of the molecule is CCOc1cc(C=NNC(=O)CC(=O)Nc2ccc(OC)cc2)ccc1OCC(=O)Nc1ccccc1F. The third-order valence-electron chi connectivity index (χ3n) is 4.87. The van der Waals surface area contributed by atoms with Crippen molar-refractivity contribution in [3.63, 3.8) is 0 Å². The summed E-state index contributed by atoms with van der Waals surface area (Å²) in [6, 6.07) is 17.3. The molecular formula is C27H27FN4O6. The zero-order valence-electron chi connectivity index (χ0n) is 20.8. The molecule has 0 saturated carbocycles. The van der Waals surface area contributed by atoms with E-state index in [2.05, 4.69) is 21.2 Å². The number of benzene rings is 3. The number of hydrogen-bond acceptors (Lipinski definition) is 7. The molecule has 0 spiro atoms. The molecule has 38 heavy (non-hydrogen) atoms. The summed E-state index contributed by atoms with van der Waals surface area (Å²) in [4.78, 5) is 36.3. The van der Waals surface area contributed by atoms with Crippen molar-refractivity contribution < 1.29 is 33.0 Å². The van der Waals surface area contributed by atoms with E-state index in [9.17, 15) is 18.8 Å². The number of nitrogens with one attached hydrogen (secondary N) is 3. The fourth-order valence-electron chi connectivity index (χ4n) is 3.13. The van der Waals surface area contributed by atoms with Gasteiger partial charge in [0, 0.05) is 5.69 Å². The number of halogens is 1. The molecule has 0 aromatic heterocycles. The van der Waals surface area contributed by atoms with Crippen LogP contribution < -0.4 is 30.3 Å². The van der Waals surface area contributed by atoms with Gasteiger partial charge in [0.15, 0.2) is 18.1 Å². The standard InChI is InChI=1S/C27H27FN4O6/c1-3-37-24-14-18(8-13-23(24)38-17-27(35)31-22-7-5-4-6-21(22)28)16-29-32-26(34)15-25(33)30-19-9-11-20(36-2)12-10-19/h4-14,16H,3,15,17H2,1-2H3,(H,30,33)(H,31,35)(H,32,34). The van der Waals surface area contributed by atoms with Crippen LogP contribution in [0.25, 0.3) is 0 Å². The molecule has 3 aromatic rings. The second kappa shape index (κ2) is 14.0. The Hall–Kier alpha value is -4.93. The summed E-state index contributed by atoms with van der Waals surface area (Å²) in [7, 11) is 1.54. The minimum absolute atomic E-state index is 0.0537. The Morgan fingerprint density at radius 3 is 2.37 bits per heavy atom. The fourth-order valence-corrected chi connectivity index (χ4v) is 3.13. The maximum Gasteiger partial charge on any atom is 0.262 e. The Morgan fingerprint density at radius 1 is 0.895 bits per heavy atom. The van der Waals surface area contributed by atoms with Crippen molar-refractivity contribution in [3.8, 4) is 17.2 Å². The van der Waals surface area contributed by atoms with Crippen LogP contribution in [0.1, 0.15) is 18.9 Å². The molecule has 0 radical (unpaired) electrons. The van der Waals surface area contributed by atoms with E-state index in [1.807, 2.05) is 0 Å². The first-order chi connectivity index (χ1) is 18.4. The van der Waals surface area contributed by atoms with E-state index in [1.165, 1.54) is 31.5 Å². The zero-order valence-corrected chi connectivity index (χ0v) is 20.8. The number of anilines is 2. The van der Waals surface area contributed by atoms with E-state index >= 15 is 0 Å². The van der Waals surface area contributed by atoms with Gasteiger partial charge in [-0.05, 0) is 67.1 Å². The number of carbonyl (C=O) groups is 3. The first-order valence-electron chi connectivity index (χ1n) is 11.6. The van der Waals surface area contributed by atoms with Crippen LogP contribution in [0.3, 0.4) is 0 Å². The quantitative estimate of drug-likeness (QED) is 0.189. The van der Waals surface area contributed by atoms with Crippen LogP contribution in [0.5, 0.6) is 17.2 Å². The molecule has 3 amide bonds. The maximum absolute atomic E-state index is 13.7. The van der Waals surface area contributed by atoms with Crippen LogP contribution in [-0.4, -0.2) is 44.3 Å². The Kier molecular flexibility index (Phi) is 10.2. The number of methoxy groups -OCH3 is 1. The second-order valence-corrected chi connectivity index (χ2v) is 7.70. The predicted octanol–water partition coefficient (Wildman–Crippen LogP) is 3.73.